The molecule has 0 aromatic carbocycles. The van der Waals surface area contributed by atoms with E-state index in [0.717, 1.165) is 12.8 Å². The molecule has 1 radical (unpaired) electrons. The van der Waals surface area contributed by atoms with Crippen LogP contribution in [-0.4, -0.2) is 11.0 Å². The lowest BCUT2D eigenvalue weighted by Crippen LogP contribution is -2.10. The van der Waals surface area contributed by atoms with Crippen molar-refractivity contribution in [2.24, 2.45) is 10.9 Å². The van der Waals surface area contributed by atoms with Gasteiger partial charge < -0.3 is 10.9 Å². The molecule has 8 heavy (non-hydrogen) atoms. The highest BCUT2D eigenvalue weighted by atomic mass is 16.4. The SMILES string of the molecule is [CH2]CCC/C(N)=N\O. The summed E-state index contributed by atoms with van der Waals surface area (Å²) in [6, 6.07) is 0. The van der Waals surface area contributed by atoms with Gasteiger partial charge in [-0.2, -0.15) is 0 Å². The van der Waals surface area contributed by atoms with Crippen LogP contribution in [-0.2, 0) is 0 Å². The van der Waals surface area contributed by atoms with E-state index < -0.39 is 0 Å². The number of nitrogens with zero attached hydrogens (tertiary/aromatic N) is 1. The Balaban J connectivity index is 3.12. The Morgan fingerprint density at radius 2 is 2.38 bits per heavy atom. The number of hydrogen-bond acceptors (Lipinski definition) is 2. The van der Waals surface area contributed by atoms with Gasteiger partial charge in [0.05, 0.1) is 0 Å². The second-order valence-electron chi connectivity index (χ2n) is 1.55. The van der Waals surface area contributed by atoms with Gasteiger partial charge in [0.2, 0.25) is 0 Å². The molecule has 0 aromatic rings. The lowest BCUT2D eigenvalue weighted by atomic mass is 10.2. The van der Waals surface area contributed by atoms with Crippen LogP contribution >= 0.6 is 0 Å². The van der Waals surface area contributed by atoms with Crippen molar-refractivity contribution in [3.05, 3.63) is 6.92 Å². The summed E-state index contributed by atoms with van der Waals surface area (Å²) in [6.07, 6.45) is 2.35. The maximum atomic E-state index is 8.00. The predicted octanol–water partition coefficient (Wildman–Crippen LogP) is 0.737. The van der Waals surface area contributed by atoms with Crippen LogP contribution in [0.1, 0.15) is 19.3 Å². The Kier molecular flexibility index (Phi) is 4.03. The highest BCUT2D eigenvalue weighted by Crippen LogP contribution is 1.91. The van der Waals surface area contributed by atoms with Gasteiger partial charge in [0.1, 0.15) is 5.84 Å². The van der Waals surface area contributed by atoms with Crippen molar-refractivity contribution in [2.45, 2.75) is 19.3 Å². The monoisotopic (exact) mass is 115 g/mol. The quantitative estimate of drug-likeness (QED) is 0.246. The summed E-state index contributed by atoms with van der Waals surface area (Å²) in [5.41, 5.74) is 5.13. The molecular formula is C5H11N2O. The number of oxime groups is 1. The Morgan fingerprint density at radius 3 is 2.75 bits per heavy atom. The number of unbranched alkanes of at least 4 members (excludes halogenated alkanes) is 1. The van der Waals surface area contributed by atoms with Crippen LogP contribution in [0.4, 0.5) is 0 Å². The first-order valence-corrected chi connectivity index (χ1v) is 2.57. The van der Waals surface area contributed by atoms with E-state index in [1.54, 1.807) is 0 Å². The van der Waals surface area contributed by atoms with Gasteiger partial charge in [-0.3, -0.25) is 0 Å². The van der Waals surface area contributed by atoms with Crippen LogP contribution in [0.3, 0.4) is 0 Å². The Bertz CT molecular complexity index is 80.5. The predicted molar refractivity (Wildman–Crippen MR) is 32.6 cm³/mol. The van der Waals surface area contributed by atoms with Crippen LogP contribution in [0.2, 0.25) is 0 Å². The van der Waals surface area contributed by atoms with E-state index in [1.807, 2.05) is 0 Å². The van der Waals surface area contributed by atoms with Gasteiger partial charge >= 0.3 is 0 Å². The third kappa shape index (κ3) is 3.46. The van der Waals surface area contributed by atoms with Crippen LogP contribution in [0, 0.1) is 6.92 Å². The number of amidine groups is 1. The molecule has 0 fully saturated rings. The molecule has 0 aliphatic carbocycles. The van der Waals surface area contributed by atoms with E-state index in [1.165, 1.54) is 0 Å². The third-order valence-electron chi connectivity index (χ3n) is 0.811. The minimum absolute atomic E-state index is 0.286. The summed E-state index contributed by atoms with van der Waals surface area (Å²) in [6.45, 7) is 3.60. The summed E-state index contributed by atoms with van der Waals surface area (Å²) in [4.78, 5) is 0. The number of hydrogen-bond donors (Lipinski definition) is 2. The van der Waals surface area contributed by atoms with E-state index in [-0.39, 0.29) is 5.84 Å². The molecule has 0 heterocycles. The topological polar surface area (TPSA) is 58.6 Å². The van der Waals surface area contributed by atoms with Crippen LogP contribution < -0.4 is 5.73 Å². The molecule has 3 heteroatoms. The third-order valence-corrected chi connectivity index (χ3v) is 0.811. The molecule has 0 aliphatic rings. The van der Waals surface area contributed by atoms with Crippen LogP contribution in [0.25, 0.3) is 0 Å². The van der Waals surface area contributed by atoms with Crippen molar-refractivity contribution >= 4 is 5.84 Å². The van der Waals surface area contributed by atoms with E-state index in [0.29, 0.717) is 6.42 Å². The molecule has 0 bridgehead atoms. The lowest BCUT2D eigenvalue weighted by Gasteiger charge is -1.91. The highest BCUT2D eigenvalue weighted by molar-refractivity contribution is 5.79. The van der Waals surface area contributed by atoms with E-state index in [4.69, 9.17) is 10.9 Å². The largest absolute Gasteiger partial charge is 0.409 e. The van der Waals surface area contributed by atoms with Gasteiger partial charge in [0.15, 0.2) is 0 Å². The Labute approximate surface area is 49.2 Å². The molecule has 0 spiro atoms. The molecule has 0 aromatic heterocycles. The minimum Gasteiger partial charge on any atom is -0.409 e. The zero-order chi connectivity index (χ0) is 6.41. The molecule has 0 saturated carbocycles. The maximum Gasteiger partial charge on any atom is 0.139 e. The molecular weight excluding hydrogens is 104 g/mol. The van der Waals surface area contributed by atoms with Gasteiger partial charge in [-0.25, -0.2) is 0 Å². The van der Waals surface area contributed by atoms with Gasteiger partial charge in [-0.05, 0) is 6.42 Å². The van der Waals surface area contributed by atoms with E-state index >= 15 is 0 Å². The fourth-order valence-corrected chi connectivity index (χ4v) is 0.356. The first-order chi connectivity index (χ1) is 3.81. The van der Waals surface area contributed by atoms with E-state index in [9.17, 15) is 0 Å². The first-order valence-electron chi connectivity index (χ1n) is 2.57. The van der Waals surface area contributed by atoms with E-state index in [2.05, 4.69) is 12.1 Å². The normalized spacial score (nSPS) is 11.9. The molecule has 0 unspecified atom stereocenters. The zero-order valence-electron chi connectivity index (χ0n) is 4.80. The lowest BCUT2D eigenvalue weighted by molar-refractivity contribution is 0.316. The minimum atomic E-state index is 0.286. The summed E-state index contributed by atoms with van der Waals surface area (Å²) in [7, 11) is 0. The first kappa shape index (κ1) is 7.27. The van der Waals surface area contributed by atoms with Crippen LogP contribution in [0.15, 0.2) is 5.16 Å². The fourth-order valence-electron chi connectivity index (χ4n) is 0.356. The summed E-state index contributed by atoms with van der Waals surface area (Å²) >= 11 is 0. The Hall–Kier alpha value is -0.730. The summed E-state index contributed by atoms with van der Waals surface area (Å²) < 4.78 is 0. The summed E-state index contributed by atoms with van der Waals surface area (Å²) in [5, 5.41) is 10.8. The van der Waals surface area contributed by atoms with Crippen molar-refractivity contribution in [3.63, 3.8) is 0 Å². The number of rotatable bonds is 3. The van der Waals surface area contributed by atoms with Gasteiger partial charge in [-0.1, -0.05) is 18.5 Å². The average Bonchev–Trinajstić information content (AvgIpc) is 1.83. The highest BCUT2D eigenvalue weighted by Gasteiger charge is 1.88. The Morgan fingerprint density at radius 1 is 1.75 bits per heavy atom. The average molecular weight is 115 g/mol. The van der Waals surface area contributed by atoms with Gasteiger partial charge in [-0.15, -0.1) is 0 Å². The summed E-state index contributed by atoms with van der Waals surface area (Å²) in [5.74, 6) is 0.286. The second kappa shape index (κ2) is 4.43. The van der Waals surface area contributed by atoms with Gasteiger partial charge in [0, 0.05) is 6.42 Å². The molecule has 0 aliphatic heterocycles. The van der Waals surface area contributed by atoms with Crippen molar-refractivity contribution in [2.75, 3.05) is 0 Å². The second-order valence-corrected chi connectivity index (χ2v) is 1.55. The molecule has 47 valence electrons. The van der Waals surface area contributed by atoms with Crippen LogP contribution in [0.5, 0.6) is 0 Å². The zero-order valence-corrected chi connectivity index (χ0v) is 4.80. The molecule has 0 rings (SSSR count). The van der Waals surface area contributed by atoms with Crippen molar-refractivity contribution in [1.29, 1.82) is 0 Å². The molecule has 0 atom stereocenters. The standard InChI is InChI=1S/C5H11N2O/c1-2-3-4-5(6)7-8/h8H,1-4H2,(H2,6,7). The van der Waals surface area contributed by atoms with Crippen molar-refractivity contribution < 1.29 is 5.21 Å². The van der Waals surface area contributed by atoms with Gasteiger partial charge in [0.25, 0.3) is 0 Å². The van der Waals surface area contributed by atoms with Crippen molar-refractivity contribution in [3.8, 4) is 0 Å². The molecule has 0 amide bonds. The van der Waals surface area contributed by atoms with Crippen molar-refractivity contribution in [1.82, 2.24) is 0 Å². The molecule has 3 N–H and O–H groups in total. The molecule has 3 nitrogen and oxygen atoms in total. The number of nitrogens with two attached hydrogens (primary N) is 1. The molecule has 0 saturated heterocycles. The maximum absolute atomic E-state index is 8.00. The fraction of sp³-hybridized carbons (Fsp3) is 0.600. The smallest absolute Gasteiger partial charge is 0.139 e.